The van der Waals surface area contributed by atoms with E-state index in [0.717, 1.165) is 54.9 Å². The molecule has 1 heterocycles. The number of nitrogens with zero attached hydrogens (tertiary/aromatic N) is 2. The van der Waals surface area contributed by atoms with Crippen molar-refractivity contribution in [3.8, 4) is 0 Å². The van der Waals surface area contributed by atoms with Crippen molar-refractivity contribution >= 4 is 23.2 Å². The summed E-state index contributed by atoms with van der Waals surface area (Å²) in [6.45, 7) is 15.3. The van der Waals surface area contributed by atoms with Crippen LogP contribution in [0.5, 0.6) is 0 Å². The summed E-state index contributed by atoms with van der Waals surface area (Å²) in [5.41, 5.74) is 2.23. The first-order valence-corrected chi connectivity index (χ1v) is 8.50. The van der Waals surface area contributed by atoms with Gasteiger partial charge >= 0.3 is 0 Å². The van der Waals surface area contributed by atoms with Crippen molar-refractivity contribution in [2.24, 2.45) is 0 Å². The third kappa shape index (κ3) is 4.35. The Morgan fingerprint density at radius 3 is 1.86 bits per heavy atom. The zero-order valence-corrected chi connectivity index (χ0v) is 15.1. The largest absolute Gasteiger partial charge is 0.301 e. The zero-order chi connectivity index (χ0) is 15.6. The molecule has 2 nitrogen and oxygen atoms in total. The van der Waals surface area contributed by atoms with Crippen molar-refractivity contribution in [3.63, 3.8) is 0 Å². The fourth-order valence-electron chi connectivity index (χ4n) is 2.96. The fraction of sp³-hybridized carbons (Fsp3) is 0.647. The van der Waals surface area contributed by atoms with Gasteiger partial charge in [0, 0.05) is 42.8 Å². The molecule has 0 aromatic heterocycles. The number of likely N-dealkylation sites (N-methyl/N-ethyl adjacent to an activating group) is 1. The van der Waals surface area contributed by atoms with Gasteiger partial charge in [-0.05, 0) is 35.2 Å². The summed E-state index contributed by atoms with van der Waals surface area (Å²) in [6.07, 6.45) is 0. The van der Waals surface area contributed by atoms with Gasteiger partial charge in [0.05, 0.1) is 0 Å². The van der Waals surface area contributed by atoms with Gasteiger partial charge in [-0.25, -0.2) is 0 Å². The van der Waals surface area contributed by atoms with E-state index < -0.39 is 0 Å². The summed E-state index contributed by atoms with van der Waals surface area (Å²) < 4.78 is 0. The van der Waals surface area contributed by atoms with Crippen molar-refractivity contribution in [2.75, 3.05) is 32.7 Å². The minimum atomic E-state index is -0.0283. The van der Waals surface area contributed by atoms with Crippen LogP contribution < -0.4 is 0 Å². The summed E-state index contributed by atoms with van der Waals surface area (Å²) in [5.74, 6) is 0. The standard InChI is InChI=1S/C17H26Cl2N2/c1-5-20-6-8-21(9-7-20)12-13-10-14(18)16(15(19)11-13)17(2,3)4/h10-11H,5-9,12H2,1-4H3. The van der Waals surface area contributed by atoms with Crippen LogP contribution >= 0.6 is 23.2 Å². The lowest BCUT2D eigenvalue weighted by Gasteiger charge is -2.34. The maximum Gasteiger partial charge on any atom is 0.0461 e. The smallest absolute Gasteiger partial charge is 0.0461 e. The van der Waals surface area contributed by atoms with Gasteiger partial charge < -0.3 is 4.90 Å². The summed E-state index contributed by atoms with van der Waals surface area (Å²) in [7, 11) is 0. The summed E-state index contributed by atoms with van der Waals surface area (Å²) in [4.78, 5) is 4.96. The Kier molecular flexibility index (Phi) is 5.59. The molecular weight excluding hydrogens is 303 g/mol. The second-order valence-corrected chi connectivity index (χ2v) is 7.71. The van der Waals surface area contributed by atoms with E-state index in [1.807, 2.05) is 0 Å². The van der Waals surface area contributed by atoms with Crippen LogP contribution in [-0.2, 0) is 12.0 Å². The van der Waals surface area contributed by atoms with Crippen LogP contribution in [0.25, 0.3) is 0 Å². The maximum absolute atomic E-state index is 6.47. The Morgan fingerprint density at radius 1 is 0.952 bits per heavy atom. The highest BCUT2D eigenvalue weighted by molar-refractivity contribution is 6.36. The van der Waals surface area contributed by atoms with Crippen molar-refractivity contribution in [2.45, 2.75) is 39.7 Å². The van der Waals surface area contributed by atoms with Crippen molar-refractivity contribution in [1.29, 1.82) is 0 Å². The number of hydrogen-bond acceptors (Lipinski definition) is 2. The van der Waals surface area contributed by atoms with Gasteiger partial charge in [0.15, 0.2) is 0 Å². The van der Waals surface area contributed by atoms with Gasteiger partial charge in [0.1, 0.15) is 0 Å². The molecule has 0 radical (unpaired) electrons. The predicted octanol–water partition coefficient (Wildman–Crippen LogP) is 4.43. The molecule has 1 aromatic rings. The number of halogens is 2. The molecule has 0 saturated carbocycles. The molecule has 1 saturated heterocycles. The van der Waals surface area contributed by atoms with Crippen LogP contribution in [0.1, 0.15) is 38.8 Å². The van der Waals surface area contributed by atoms with Crippen LogP contribution in [0.15, 0.2) is 12.1 Å². The molecule has 1 aromatic carbocycles. The predicted molar refractivity (Wildman–Crippen MR) is 92.6 cm³/mol. The van der Waals surface area contributed by atoms with Crippen LogP contribution in [-0.4, -0.2) is 42.5 Å². The number of piperazine rings is 1. The molecule has 0 amide bonds. The van der Waals surface area contributed by atoms with E-state index >= 15 is 0 Å². The molecule has 0 spiro atoms. The van der Waals surface area contributed by atoms with E-state index in [1.165, 1.54) is 5.56 Å². The van der Waals surface area contributed by atoms with E-state index in [0.29, 0.717) is 0 Å². The average Bonchev–Trinajstić information content (AvgIpc) is 2.37. The van der Waals surface area contributed by atoms with Gasteiger partial charge in [-0.3, -0.25) is 4.90 Å². The minimum Gasteiger partial charge on any atom is -0.301 e. The molecule has 0 N–H and O–H groups in total. The molecule has 4 heteroatoms. The lowest BCUT2D eigenvalue weighted by molar-refractivity contribution is 0.132. The molecule has 118 valence electrons. The third-order valence-corrected chi connectivity index (χ3v) is 4.77. The molecule has 1 aliphatic rings. The fourth-order valence-corrected chi connectivity index (χ4v) is 4.05. The van der Waals surface area contributed by atoms with E-state index in [9.17, 15) is 0 Å². The van der Waals surface area contributed by atoms with Crippen molar-refractivity contribution in [1.82, 2.24) is 9.80 Å². The zero-order valence-electron chi connectivity index (χ0n) is 13.5. The van der Waals surface area contributed by atoms with Crippen molar-refractivity contribution < 1.29 is 0 Å². The summed E-state index contributed by atoms with van der Waals surface area (Å²) in [5, 5.41) is 1.58. The van der Waals surface area contributed by atoms with Gasteiger partial charge in [-0.15, -0.1) is 0 Å². The SMILES string of the molecule is CCN1CCN(Cc2cc(Cl)c(C(C)(C)C)c(Cl)c2)CC1. The van der Waals surface area contributed by atoms with E-state index in [4.69, 9.17) is 23.2 Å². The first-order chi connectivity index (χ1) is 9.81. The number of rotatable bonds is 3. The molecule has 2 rings (SSSR count). The van der Waals surface area contributed by atoms with Crippen LogP contribution in [0.4, 0.5) is 0 Å². The van der Waals surface area contributed by atoms with Crippen LogP contribution in [0.2, 0.25) is 10.0 Å². The Bertz CT molecular complexity index is 463. The van der Waals surface area contributed by atoms with Gasteiger partial charge in [-0.1, -0.05) is 50.9 Å². The quantitative estimate of drug-likeness (QED) is 0.809. The second-order valence-electron chi connectivity index (χ2n) is 6.89. The van der Waals surface area contributed by atoms with Crippen LogP contribution in [0.3, 0.4) is 0 Å². The molecule has 0 unspecified atom stereocenters. The highest BCUT2D eigenvalue weighted by Crippen LogP contribution is 2.36. The minimum absolute atomic E-state index is 0.0283. The van der Waals surface area contributed by atoms with E-state index in [2.05, 4.69) is 49.6 Å². The molecule has 0 atom stereocenters. The first kappa shape index (κ1) is 17.1. The summed E-state index contributed by atoms with van der Waals surface area (Å²) >= 11 is 12.9. The monoisotopic (exact) mass is 328 g/mol. The third-order valence-electron chi connectivity index (χ3n) is 4.17. The van der Waals surface area contributed by atoms with Crippen LogP contribution in [0, 0.1) is 0 Å². The van der Waals surface area contributed by atoms with Gasteiger partial charge in [0.2, 0.25) is 0 Å². The summed E-state index contributed by atoms with van der Waals surface area (Å²) in [6, 6.07) is 4.17. The Labute approximate surface area is 139 Å². The second kappa shape index (κ2) is 6.87. The molecule has 1 fully saturated rings. The Balaban J connectivity index is 2.09. The molecule has 0 aliphatic carbocycles. The maximum atomic E-state index is 6.47. The lowest BCUT2D eigenvalue weighted by atomic mass is 9.86. The molecule has 0 bridgehead atoms. The number of benzene rings is 1. The highest BCUT2D eigenvalue weighted by Gasteiger charge is 2.22. The molecular formula is C17H26Cl2N2. The number of hydrogen-bond donors (Lipinski definition) is 0. The van der Waals surface area contributed by atoms with Gasteiger partial charge in [-0.2, -0.15) is 0 Å². The average molecular weight is 329 g/mol. The highest BCUT2D eigenvalue weighted by atomic mass is 35.5. The van der Waals surface area contributed by atoms with E-state index in [1.54, 1.807) is 0 Å². The first-order valence-electron chi connectivity index (χ1n) is 7.74. The van der Waals surface area contributed by atoms with Gasteiger partial charge in [0.25, 0.3) is 0 Å². The topological polar surface area (TPSA) is 6.48 Å². The molecule has 21 heavy (non-hydrogen) atoms. The Hall–Kier alpha value is -0.280. The van der Waals surface area contributed by atoms with Crippen molar-refractivity contribution in [3.05, 3.63) is 33.3 Å². The molecule has 1 aliphatic heterocycles. The lowest BCUT2D eigenvalue weighted by Crippen LogP contribution is -2.45. The van der Waals surface area contributed by atoms with E-state index in [-0.39, 0.29) is 5.41 Å². The Morgan fingerprint density at radius 2 is 1.43 bits per heavy atom. The normalized spacial score (nSPS) is 18.2.